The lowest BCUT2D eigenvalue weighted by Gasteiger charge is -2.07. The van der Waals surface area contributed by atoms with Crippen LogP contribution in [-0.2, 0) is 10.0 Å². The quantitative estimate of drug-likeness (QED) is 0.848. The third-order valence-corrected chi connectivity index (χ3v) is 3.79. The Balaban J connectivity index is 2.74. The summed E-state index contributed by atoms with van der Waals surface area (Å²) in [5.41, 5.74) is 0. The average molecular weight is 314 g/mol. The zero-order valence-corrected chi connectivity index (χ0v) is 10.9. The molecular formula is C8H10BrClN2O2S. The third kappa shape index (κ3) is 4.36. The predicted molar refractivity (Wildman–Crippen MR) is 64.7 cm³/mol. The lowest BCUT2D eigenvalue weighted by atomic mass is 10.5. The van der Waals surface area contributed by atoms with Gasteiger partial charge in [0.15, 0.2) is 5.82 Å². The molecule has 1 N–H and O–H groups in total. The van der Waals surface area contributed by atoms with E-state index >= 15 is 0 Å². The third-order valence-electron chi connectivity index (χ3n) is 1.56. The Morgan fingerprint density at radius 2 is 2.27 bits per heavy atom. The molecule has 0 saturated heterocycles. The highest BCUT2D eigenvalue weighted by Crippen LogP contribution is 2.19. The molecule has 0 amide bonds. The molecule has 0 saturated carbocycles. The molecule has 1 aromatic heterocycles. The molecule has 4 nitrogen and oxygen atoms in total. The highest BCUT2D eigenvalue weighted by Gasteiger charge is 2.12. The summed E-state index contributed by atoms with van der Waals surface area (Å²) in [6.45, 7) is 0. The monoisotopic (exact) mass is 312 g/mol. The first-order chi connectivity index (χ1) is 7.05. The number of pyridine rings is 1. The van der Waals surface area contributed by atoms with Crippen molar-refractivity contribution in [3.63, 3.8) is 0 Å². The molecule has 0 aromatic carbocycles. The highest BCUT2D eigenvalue weighted by atomic mass is 79.9. The van der Waals surface area contributed by atoms with Gasteiger partial charge >= 0.3 is 0 Å². The molecule has 0 bridgehead atoms. The first kappa shape index (κ1) is 12.7. The standard InChI is InChI=1S/C8H10BrClN2O2S/c9-7-3-1-5-11-8(7)12-15(13,14)6-2-4-10/h1,3,5H,2,4,6H2,(H,11,12). The summed E-state index contributed by atoms with van der Waals surface area (Å²) in [6, 6.07) is 3.42. The number of nitrogens with zero attached hydrogens (tertiary/aromatic N) is 1. The van der Waals surface area contributed by atoms with E-state index in [0.29, 0.717) is 22.6 Å². The fraction of sp³-hybridized carbons (Fsp3) is 0.375. The van der Waals surface area contributed by atoms with Gasteiger partial charge in [0.05, 0.1) is 10.2 Å². The second kappa shape index (κ2) is 5.67. The van der Waals surface area contributed by atoms with Crippen LogP contribution in [0.2, 0.25) is 0 Å². The van der Waals surface area contributed by atoms with Crippen LogP contribution in [0.3, 0.4) is 0 Å². The Morgan fingerprint density at radius 3 is 2.87 bits per heavy atom. The van der Waals surface area contributed by atoms with Crippen molar-refractivity contribution in [1.82, 2.24) is 4.98 Å². The number of anilines is 1. The number of rotatable bonds is 5. The van der Waals surface area contributed by atoms with Gasteiger partial charge in [-0.1, -0.05) is 0 Å². The molecule has 84 valence electrons. The molecule has 1 aromatic rings. The molecule has 0 aliphatic carbocycles. The molecule has 0 aliphatic rings. The van der Waals surface area contributed by atoms with Crippen molar-refractivity contribution in [2.75, 3.05) is 16.4 Å². The van der Waals surface area contributed by atoms with E-state index in [9.17, 15) is 8.42 Å². The van der Waals surface area contributed by atoms with E-state index in [1.54, 1.807) is 12.1 Å². The number of aromatic nitrogens is 1. The summed E-state index contributed by atoms with van der Waals surface area (Å²) in [6.07, 6.45) is 1.94. The summed E-state index contributed by atoms with van der Waals surface area (Å²) >= 11 is 8.63. The fourth-order valence-corrected chi connectivity index (χ4v) is 2.76. The minimum Gasteiger partial charge on any atom is -0.266 e. The van der Waals surface area contributed by atoms with E-state index in [0.717, 1.165) is 0 Å². The topological polar surface area (TPSA) is 59.1 Å². The Hall–Kier alpha value is -0.330. The van der Waals surface area contributed by atoms with Crippen molar-refractivity contribution in [1.29, 1.82) is 0 Å². The Morgan fingerprint density at radius 1 is 1.53 bits per heavy atom. The molecule has 15 heavy (non-hydrogen) atoms. The summed E-state index contributed by atoms with van der Waals surface area (Å²) in [7, 11) is -3.35. The number of hydrogen-bond acceptors (Lipinski definition) is 3. The van der Waals surface area contributed by atoms with Gasteiger partial charge in [-0.25, -0.2) is 13.4 Å². The smallest absolute Gasteiger partial charge is 0.233 e. The molecular weight excluding hydrogens is 304 g/mol. The number of nitrogens with one attached hydrogen (secondary N) is 1. The normalized spacial score (nSPS) is 11.3. The van der Waals surface area contributed by atoms with Crippen LogP contribution in [0, 0.1) is 0 Å². The van der Waals surface area contributed by atoms with Gasteiger partial charge in [0.25, 0.3) is 0 Å². The number of alkyl halides is 1. The van der Waals surface area contributed by atoms with Crippen LogP contribution in [0.15, 0.2) is 22.8 Å². The van der Waals surface area contributed by atoms with E-state index < -0.39 is 10.0 Å². The minimum atomic E-state index is -3.35. The SMILES string of the molecule is O=S(=O)(CCCCl)Nc1ncccc1Br. The van der Waals surface area contributed by atoms with Crippen molar-refractivity contribution in [2.45, 2.75) is 6.42 Å². The first-order valence-electron chi connectivity index (χ1n) is 4.22. The van der Waals surface area contributed by atoms with Crippen molar-refractivity contribution in [2.24, 2.45) is 0 Å². The molecule has 1 rings (SSSR count). The number of hydrogen-bond donors (Lipinski definition) is 1. The molecule has 0 spiro atoms. The lowest BCUT2D eigenvalue weighted by molar-refractivity contribution is 0.599. The van der Waals surface area contributed by atoms with Crippen LogP contribution in [0.25, 0.3) is 0 Å². The van der Waals surface area contributed by atoms with E-state index in [1.165, 1.54) is 6.20 Å². The summed E-state index contributed by atoms with van der Waals surface area (Å²) in [5, 5.41) is 0. The Kier molecular flexibility index (Phi) is 4.82. The van der Waals surface area contributed by atoms with Crippen LogP contribution in [-0.4, -0.2) is 25.0 Å². The first-order valence-corrected chi connectivity index (χ1v) is 7.20. The number of sulfonamides is 1. The molecule has 1 heterocycles. The second-order valence-electron chi connectivity index (χ2n) is 2.80. The summed E-state index contributed by atoms with van der Waals surface area (Å²) < 4.78 is 25.9. The maximum Gasteiger partial charge on any atom is 0.233 e. The van der Waals surface area contributed by atoms with E-state index in [4.69, 9.17) is 11.6 Å². The highest BCUT2D eigenvalue weighted by molar-refractivity contribution is 9.10. The molecule has 0 unspecified atom stereocenters. The van der Waals surface area contributed by atoms with Crippen LogP contribution < -0.4 is 4.72 Å². The van der Waals surface area contributed by atoms with Crippen LogP contribution in [0.5, 0.6) is 0 Å². The summed E-state index contributed by atoms with van der Waals surface area (Å²) in [5.74, 6) is 0.621. The predicted octanol–water partition coefficient (Wildman–Crippen LogP) is 2.21. The van der Waals surface area contributed by atoms with Crippen molar-refractivity contribution < 1.29 is 8.42 Å². The van der Waals surface area contributed by atoms with E-state index in [2.05, 4.69) is 25.6 Å². The van der Waals surface area contributed by atoms with Crippen molar-refractivity contribution in [3.05, 3.63) is 22.8 Å². The van der Waals surface area contributed by atoms with Gasteiger partial charge in [-0.15, -0.1) is 11.6 Å². The van der Waals surface area contributed by atoms with Crippen LogP contribution >= 0.6 is 27.5 Å². The van der Waals surface area contributed by atoms with Crippen LogP contribution in [0.1, 0.15) is 6.42 Å². The van der Waals surface area contributed by atoms with Gasteiger partial charge < -0.3 is 0 Å². The van der Waals surface area contributed by atoms with Gasteiger partial charge in [-0.05, 0) is 34.5 Å². The zero-order valence-electron chi connectivity index (χ0n) is 7.78. The van der Waals surface area contributed by atoms with Gasteiger partial charge in [-0.2, -0.15) is 0 Å². The molecule has 0 radical (unpaired) electrons. The lowest BCUT2D eigenvalue weighted by Crippen LogP contribution is -2.18. The number of halogens is 2. The van der Waals surface area contributed by atoms with Crippen molar-refractivity contribution >= 4 is 43.4 Å². The van der Waals surface area contributed by atoms with Gasteiger partial charge in [0, 0.05) is 12.1 Å². The fourth-order valence-electron chi connectivity index (χ4n) is 0.904. The summed E-state index contributed by atoms with van der Waals surface area (Å²) in [4.78, 5) is 3.90. The van der Waals surface area contributed by atoms with Crippen molar-refractivity contribution in [3.8, 4) is 0 Å². The van der Waals surface area contributed by atoms with Crippen LogP contribution in [0.4, 0.5) is 5.82 Å². The Bertz CT molecular complexity index is 424. The zero-order chi connectivity index (χ0) is 11.3. The maximum absolute atomic E-state index is 11.5. The molecule has 0 atom stereocenters. The van der Waals surface area contributed by atoms with E-state index in [-0.39, 0.29) is 5.75 Å². The van der Waals surface area contributed by atoms with Gasteiger partial charge in [-0.3, -0.25) is 4.72 Å². The molecule has 7 heteroatoms. The molecule has 0 fully saturated rings. The Labute approximate surface area is 102 Å². The van der Waals surface area contributed by atoms with E-state index in [1.807, 2.05) is 0 Å². The van der Waals surface area contributed by atoms with Gasteiger partial charge in [0.1, 0.15) is 0 Å². The molecule has 0 aliphatic heterocycles. The average Bonchev–Trinajstić information content (AvgIpc) is 2.18. The minimum absolute atomic E-state index is 0.000482. The second-order valence-corrected chi connectivity index (χ2v) is 5.87. The van der Waals surface area contributed by atoms with Gasteiger partial charge in [0.2, 0.25) is 10.0 Å². The largest absolute Gasteiger partial charge is 0.266 e. The maximum atomic E-state index is 11.5.